The Bertz CT molecular complexity index is 745. The van der Waals surface area contributed by atoms with Gasteiger partial charge in [-0.2, -0.15) is 0 Å². The number of anilines is 2. The van der Waals surface area contributed by atoms with Crippen molar-refractivity contribution in [3.63, 3.8) is 0 Å². The lowest BCUT2D eigenvalue weighted by molar-refractivity contribution is 0.182. The number of amides is 2. The lowest BCUT2D eigenvalue weighted by Gasteiger charge is -2.32. The monoisotopic (exact) mass is 377 g/mol. The van der Waals surface area contributed by atoms with E-state index in [9.17, 15) is 4.79 Å². The summed E-state index contributed by atoms with van der Waals surface area (Å²) in [5, 5.41) is 3.07. The normalized spacial score (nSPS) is 18.1. The van der Waals surface area contributed by atoms with Crippen LogP contribution < -0.4 is 10.2 Å². The zero-order valence-electron chi connectivity index (χ0n) is 16.6. The molecule has 2 aliphatic rings. The Balaban J connectivity index is 1.25. The lowest BCUT2D eigenvalue weighted by atomic mass is 9.90. The van der Waals surface area contributed by atoms with Crippen molar-refractivity contribution in [2.75, 3.05) is 36.4 Å². The third-order valence-electron chi connectivity index (χ3n) is 6.11. The molecule has 0 saturated carbocycles. The zero-order valence-corrected chi connectivity index (χ0v) is 16.6. The number of likely N-dealkylation sites (tertiary alicyclic amines) is 1. The highest BCUT2D eigenvalue weighted by Gasteiger charge is 2.23. The summed E-state index contributed by atoms with van der Waals surface area (Å²) in [4.78, 5) is 17.0. The van der Waals surface area contributed by atoms with Crippen LogP contribution in [-0.4, -0.2) is 37.1 Å². The minimum absolute atomic E-state index is 0.0314. The van der Waals surface area contributed by atoms with Crippen LogP contribution in [0.2, 0.25) is 0 Å². The number of nitrogens with zero attached hydrogens (tertiary/aromatic N) is 2. The third kappa shape index (κ3) is 4.86. The van der Waals surface area contributed by atoms with Crippen LogP contribution in [0.4, 0.5) is 16.2 Å². The molecule has 0 atom stereocenters. The maximum Gasteiger partial charge on any atom is 0.321 e. The number of rotatable bonds is 4. The number of hydrogen-bond donors (Lipinski definition) is 1. The number of urea groups is 1. The van der Waals surface area contributed by atoms with E-state index in [-0.39, 0.29) is 6.03 Å². The van der Waals surface area contributed by atoms with Gasteiger partial charge in [0.05, 0.1) is 0 Å². The first-order valence-corrected chi connectivity index (χ1v) is 10.7. The Labute approximate surface area is 168 Å². The van der Waals surface area contributed by atoms with Crippen LogP contribution in [0.1, 0.15) is 37.7 Å². The van der Waals surface area contributed by atoms with Gasteiger partial charge in [0.15, 0.2) is 0 Å². The highest BCUT2D eigenvalue weighted by atomic mass is 16.2. The molecule has 148 valence electrons. The van der Waals surface area contributed by atoms with Gasteiger partial charge >= 0.3 is 6.03 Å². The molecule has 0 bridgehead atoms. The van der Waals surface area contributed by atoms with Gasteiger partial charge in [-0.1, -0.05) is 30.3 Å². The quantitative estimate of drug-likeness (QED) is 0.798. The SMILES string of the molecule is O=C(Nc1ccc(N2CCCCC2)cc1)N1CCC(Cc2ccccc2)CC1. The predicted molar refractivity (Wildman–Crippen MR) is 116 cm³/mol. The molecular formula is C24H31N3O. The summed E-state index contributed by atoms with van der Waals surface area (Å²) < 4.78 is 0. The van der Waals surface area contributed by atoms with Crippen LogP contribution in [0.3, 0.4) is 0 Å². The number of benzene rings is 2. The first-order chi connectivity index (χ1) is 13.8. The van der Waals surface area contributed by atoms with Crippen LogP contribution >= 0.6 is 0 Å². The van der Waals surface area contributed by atoms with E-state index >= 15 is 0 Å². The van der Waals surface area contributed by atoms with Crippen LogP contribution in [0.25, 0.3) is 0 Å². The summed E-state index contributed by atoms with van der Waals surface area (Å²) in [6, 6.07) is 19.0. The van der Waals surface area contributed by atoms with Gasteiger partial charge < -0.3 is 15.1 Å². The van der Waals surface area contributed by atoms with E-state index in [2.05, 4.69) is 52.7 Å². The van der Waals surface area contributed by atoms with E-state index < -0.39 is 0 Å². The second kappa shape index (κ2) is 9.13. The fourth-order valence-electron chi connectivity index (χ4n) is 4.40. The lowest BCUT2D eigenvalue weighted by Crippen LogP contribution is -2.41. The highest BCUT2D eigenvalue weighted by Crippen LogP contribution is 2.24. The van der Waals surface area contributed by atoms with Gasteiger partial charge in [-0.3, -0.25) is 0 Å². The zero-order chi connectivity index (χ0) is 19.2. The first-order valence-electron chi connectivity index (χ1n) is 10.7. The van der Waals surface area contributed by atoms with Crippen LogP contribution in [0.5, 0.6) is 0 Å². The number of nitrogens with one attached hydrogen (secondary N) is 1. The Morgan fingerprint density at radius 3 is 2.21 bits per heavy atom. The molecule has 2 aromatic rings. The molecular weight excluding hydrogens is 346 g/mol. The molecule has 0 radical (unpaired) electrons. The second-order valence-electron chi connectivity index (χ2n) is 8.14. The van der Waals surface area contributed by atoms with Crippen molar-refractivity contribution in [2.45, 2.75) is 38.5 Å². The number of piperidine rings is 2. The second-order valence-corrected chi connectivity index (χ2v) is 8.14. The molecule has 0 unspecified atom stereocenters. The average molecular weight is 378 g/mol. The number of carbonyl (C=O) groups is 1. The van der Waals surface area contributed by atoms with Crippen molar-refractivity contribution in [2.24, 2.45) is 5.92 Å². The number of hydrogen-bond acceptors (Lipinski definition) is 2. The molecule has 2 fully saturated rings. The summed E-state index contributed by atoms with van der Waals surface area (Å²) in [5.41, 5.74) is 3.55. The van der Waals surface area contributed by atoms with Gasteiger partial charge in [0.2, 0.25) is 0 Å². The smallest absolute Gasteiger partial charge is 0.321 e. The largest absolute Gasteiger partial charge is 0.372 e. The van der Waals surface area contributed by atoms with Gasteiger partial charge in [0.25, 0.3) is 0 Å². The fraction of sp³-hybridized carbons (Fsp3) is 0.458. The summed E-state index contributed by atoms with van der Waals surface area (Å²) >= 11 is 0. The van der Waals surface area contributed by atoms with E-state index in [1.807, 2.05) is 17.0 Å². The third-order valence-corrected chi connectivity index (χ3v) is 6.11. The first kappa shape index (κ1) is 18.9. The molecule has 2 aromatic carbocycles. The molecule has 0 spiro atoms. The van der Waals surface area contributed by atoms with E-state index in [1.165, 1.54) is 30.5 Å². The van der Waals surface area contributed by atoms with Crippen molar-refractivity contribution in [1.29, 1.82) is 0 Å². The van der Waals surface area contributed by atoms with Crippen LogP contribution in [0.15, 0.2) is 54.6 Å². The Morgan fingerprint density at radius 1 is 0.857 bits per heavy atom. The van der Waals surface area contributed by atoms with Gasteiger partial charge in [-0.25, -0.2) is 4.79 Å². The minimum atomic E-state index is 0.0314. The molecule has 4 rings (SSSR count). The summed E-state index contributed by atoms with van der Waals surface area (Å²) in [6.45, 7) is 3.97. The van der Waals surface area contributed by atoms with Gasteiger partial charge in [0, 0.05) is 37.6 Å². The average Bonchev–Trinajstić information content (AvgIpc) is 2.76. The van der Waals surface area contributed by atoms with E-state index in [1.54, 1.807) is 0 Å². The predicted octanol–water partition coefficient (Wildman–Crippen LogP) is 5.16. The van der Waals surface area contributed by atoms with E-state index in [0.29, 0.717) is 5.92 Å². The number of carbonyl (C=O) groups excluding carboxylic acids is 1. The van der Waals surface area contributed by atoms with E-state index in [4.69, 9.17) is 0 Å². The van der Waals surface area contributed by atoms with Gasteiger partial charge in [-0.05, 0) is 74.3 Å². The topological polar surface area (TPSA) is 35.6 Å². The van der Waals surface area contributed by atoms with Crippen molar-refractivity contribution in [3.8, 4) is 0 Å². The fourth-order valence-corrected chi connectivity index (χ4v) is 4.40. The molecule has 0 aliphatic carbocycles. The molecule has 4 nitrogen and oxygen atoms in total. The highest BCUT2D eigenvalue weighted by molar-refractivity contribution is 5.89. The van der Waals surface area contributed by atoms with Crippen molar-refractivity contribution < 1.29 is 4.79 Å². The standard InChI is InChI=1S/C24H31N3O/c28-24(25-22-9-11-23(12-10-22)26-15-5-2-6-16-26)27-17-13-21(14-18-27)19-20-7-3-1-4-8-20/h1,3-4,7-12,21H,2,5-6,13-19H2,(H,25,28). The molecule has 1 N–H and O–H groups in total. The van der Waals surface area contributed by atoms with Crippen molar-refractivity contribution in [1.82, 2.24) is 4.90 Å². The molecule has 4 heteroatoms. The molecule has 28 heavy (non-hydrogen) atoms. The summed E-state index contributed by atoms with van der Waals surface area (Å²) in [6.07, 6.45) is 7.17. The van der Waals surface area contributed by atoms with Gasteiger partial charge in [-0.15, -0.1) is 0 Å². The Hall–Kier alpha value is -2.49. The molecule has 2 amide bonds. The van der Waals surface area contributed by atoms with Crippen molar-refractivity contribution in [3.05, 3.63) is 60.2 Å². The maximum atomic E-state index is 12.6. The molecule has 2 saturated heterocycles. The summed E-state index contributed by atoms with van der Waals surface area (Å²) in [7, 11) is 0. The van der Waals surface area contributed by atoms with Crippen molar-refractivity contribution >= 4 is 17.4 Å². The molecule has 0 aromatic heterocycles. The van der Waals surface area contributed by atoms with Gasteiger partial charge in [0.1, 0.15) is 0 Å². The van der Waals surface area contributed by atoms with Crippen LogP contribution in [0, 0.1) is 5.92 Å². The minimum Gasteiger partial charge on any atom is -0.372 e. The maximum absolute atomic E-state index is 12.6. The molecule has 2 heterocycles. The summed E-state index contributed by atoms with van der Waals surface area (Å²) in [5.74, 6) is 0.676. The molecule has 2 aliphatic heterocycles. The Kier molecular flexibility index (Phi) is 6.15. The van der Waals surface area contributed by atoms with Crippen LogP contribution in [-0.2, 0) is 6.42 Å². The Morgan fingerprint density at radius 2 is 1.54 bits per heavy atom. The van der Waals surface area contributed by atoms with E-state index in [0.717, 1.165) is 51.1 Å².